The number of amides is 2. The summed E-state index contributed by atoms with van der Waals surface area (Å²) in [7, 11) is 0. The lowest BCUT2D eigenvalue weighted by Crippen LogP contribution is -2.39. The summed E-state index contributed by atoms with van der Waals surface area (Å²) < 4.78 is 0. The van der Waals surface area contributed by atoms with E-state index in [-0.39, 0.29) is 12.6 Å². The van der Waals surface area contributed by atoms with Gasteiger partial charge in [0.1, 0.15) is 0 Å². The van der Waals surface area contributed by atoms with Crippen LogP contribution in [0.4, 0.5) is 4.79 Å². The van der Waals surface area contributed by atoms with Crippen LogP contribution in [0.25, 0.3) is 0 Å². The van der Waals surface area contributed by atoms with Gasteiger partial charge in [0.2, 0.25) is 0 Å². The Balaban J connectivity index is 2.40. The van der Waals surface area contributed by atoms with Crippen molar-refractivity contribution in [2.45, 2.75) is 0 Å². The molecule has 56 valence electrons. The summed E-state index contributed by atoms with van der Waals surface area (Å²) in [6.07, 6.45) is 0. The van der Waals surface area contributed by atoms with Gasteiger partial charge in [-0.15, -0.1) is 0 Å². The number of carbonyl (C=O) groups is 2. The zero-order valence-corrected chi connectivity index (χ0v) is 5.29. The van der Waals surface area contributed by atoms with E-state index in [2.05, 4.69) is 5.32 Å². The summed E-state index contributed by atoms with van der Waals surface area (Å²) in [6, 6.07) is -0.329. The van der Waals surface area contributed by atoms with Crippen LogP contribution in [0.3, 0.4) is 0 Å². The summed E-state index contributed by atoms with van der Waals surface area (Å²) in [5.41, 5.74) is 0. The van der Waals surface area contributed by atoms with Gasteiger partial charge in [-0.25, -0.2) is 4.79 Å². The second kappa shape index (κ2) is 2.55. The van der Waals surface area contributed by atoms with Gasteiger partial charge >= 0.3 is 6.03 Å². The fourth-order valence-corrected chi connectivity index (χ4v) is 0.818. The van der Waals surface area contributed by atoms with Crippen LogP contribution in [0.1, 0.15) is 0 Å². The number of rotatable bonds is 2. The molecular weight excluding hydrogens is 136 g/mol. The van der Waals surface area contributed by atoms with Gasteiger partial charge in [0.05, 0.1) is 12.5 Å². The number of carboxylic acids is 1. The van der Waals surface area contributed by atoms with E-state index in [9.17, 15) is 14.7 Å². The highest BCUT2D eigenvalue weighted by molar-refractivity contribution is 5.80. The van der Waals surface area contributed by atoms with Gasteiger partial charge in [-0.2, -0.15) is 0 Å². The number of nitrogens with zero attached hydrogens (tertiary/aromatic N) is 1. The Morgan fingerprint density at radius 2 is 2.50 bits per heavy atom. The standard InChI is InChI=1S/C5H8N2O3/c8-4(9)3-7-2-1-6-5(7)10/h1-3H2,(H,6,10)(H,8,9)/p-1. The topological polar surface area (TPSA) is 72.5 Å². The van der Waals surface area contributed by atoms with E-state index in [0.717, 1.165) is 0 Å². The Morgan fingerprint density at radius 1 is 1.80 bits per heavy atom. The molecule has 0 saturated carbocycles. The van der Waals surface area contributed by atoms with Crippen molar-refractivity contribution in [3.63, 3.8) is 0 Å². The molecule has 1 N–H and O–H groups in total. The van der Waals surface area contributed by atoms with Crippen molar-refractivity contribution in [2.24, 2.45) is 0 Å². The summed E-state index contributed by atoms with van der Waals surface area (Å²) in [4.78, 5) is 21.8. The lowest BCUT2D eigenvalue weighted by molar-refractivity contribution is -0.305. The number of hydrogen-bond acceptors (Lipinski definition) is 3. The minimum atomic E-state index is -1.22. The van der Waals surface area contributed by atoms with Gasteiger partial charge in [0, 0.05) is 13.1 Å². The Morgan fingerprint density at radius 3 is 2.90 bits per heavy atom. The van der Waals surface area contributed by atoms with Crippen molar-refractivity contribution in [2.75, 3.05) is 19.6 Å². The Kier molecular flexibility index (Phi) is 1.75. The van der Waals surface area contributed by atoms with Crippen molar-refractivity contribution in [3.8, 4) is 0 Å². The lowest BCUT2D eigenvalue weighted by Gasteiger charge is -2.13. The molecule has 0 radical (unpaired) electrons. The molecule has 1 fully saturated rings. The lowest BCUT2D eigenvalue weighted by atomic mass is 10.5. The fourth-order valence-electron chi connectivity index (χ4n) is 0.818. The average molecular weight is 143 g/mol. The molecule has 0 aromatic heterocycles. The van der Waals surface area contributed by atoms with Gasteiger partial charge in [0.15, 0.2) is 0 Å². The zero-order valence-electron chi connectivity index (χ0n) is 5.29. The fraction of sp³-hybridized carbons (Fsp3) is 0.600. The van der Waals surface area contributed by atoms with E-state index in [1.807, 2.05) is 0 Å². The van der Waals surface area contributed by atoms with Crippen molar-refractivity contribution < 1.29 is 14.7 Å². The molecule has 1 rings (SSSR count). The molecule has 1 saturated heterocycles. The van der Waals surface area contributed by atoms with E-state index >= 15 is 0 Å². The third kappa shape index (κ3) is 1.37. The van der Waals surface area contributed by atoms with Crippen molar-refractivity contribution >= 4 is 12.0 Å². The minimum Gasteiger partial charge on any atom is -0.548 e. The van der Waals surface area contributed by atoms with Gasteiger partial charge in [0.25, 0.3) is 0 Å². The quantitative estimate of drug-likeness (QED) is 0.475. The molecule has 0 spiro atoms. The molecule has 1 aliphatic heterocycles. The zero-order chi connectivity index (χ0) is 7.56. The summed E-state index contributed by atoms with van der Waals surface area (Å²) >= 11 is 0. The first-order chi connectivity index (χ1) is 4.70. The van der Waals surface area contributed by atoms with E-state index in [4.69, 9.17) is 0 Å². The van der Waals surface area contributed by atoms with E-state index in [1.54, 1.807) is 0 Å². The molecule has 0 unspecified atom stereocenters. The van der Waals surface area contributed by atoms with E-state index in [0.29, 0.717) is 13.1 Å². The monoisotopic (exact) mass is 143 g/mol. The van der Waals surface area contributed by atoms with Crippen LogP contribution in [0, 0.1) is 0 Å². The molecule has 0 bridgehead atoms. The molecule has 0 aliphatic carbocycles. The largest absolute Gasteiger partial charge is 0.548 e. The summed E-state index contributed by atoms with van der Waals surface area (Å²) in [6.45, 7) is 0.657. The summed E-state index contributed by atoms with van der Waals surface area (Å²) in [5.74, 6) is -1.22. The van der Waals surface area contributed by atoms with Gasteiger partial charge < -0.3 is 20.1 Å². The van der Waals surface area contributed by atoms with Gasteiger partial charge in [-0.1, -0.05) is 0 Å². The van der Waals surface area contributed by atoms with Crippen molar-refractivity contribution in [1.29, 1.82) is 0 Å². The maximum Gasteiger partial charge on any atom is 0.317 e. The minimum absolute atomic E-state index is 0.314. The smallest absolute Gasteiger partial charge is 0.317 e. The summed E-state index contributed by atoms with van der Waals surface area (Å²) in [5, 5.41) is 12.4. The van der Waals surface area contributed by atoms with E-state index in [1.165, 1.54) is 4.90 Å². The number of carboxylic acid groups (broad SMARTS) is 1. The molecule has 1 aliphatic rings. The first kappa shape index (κ1) is 6.85. The number of carbonyl (C=O) groups excluding carboxylic acids is 2. The number of hydrogen-bond donors (Lipinski definition) is 1. The molecule has 5 nitrogen and oxygen atoms in total. The average Bonchev–Trinajstić information content (AvgIpc) is 2.15. The first-order valence-electron chi connectivity index (χ1n) is 2.93. The molecule has 5 heteroatoms. The second-order valence-corrected chi connectivity index (χ2v) is 2.03. The highest BCUT2D eigenvalue weighted by Gasteiger charge is 2.18. The SMILES string of the molecule is O=C([O-])CN1CCNC1=O. The van der Waals surface area contributed by atoms with Crippen LogP contribution in [0.15, 0.2) is 0 Å². The van der Waals surface area contributed by atoms with Crippen LogP contribution in [0.2, 0.25) is 0 Å². The third-order valence-electron chi connectivity index (χ3n) is 1.27. The third-order valence-corrected chi connectivity index (χ3v) is 1.27. The Labute approximate surface area is 57.6 Å². The normalized spacial score (nSPS) is 17.2. The van der Waals surface area contributed by atoms with E-state index < -0.39 is 5.97 Å². The van der Waals surface area contributed by atoms with Crippen LogP contribution in [-0.4, -0.2) is 36.5 Å². The number of urea groups is 1. The predicted molar refractivity (Wildman–Crippen MR) is 30.0 cm³/mol. The predicted octanol–water partition coefficient (Wildman–Crippen LogP) is -2.24. The molecule has 0 aromatic rings. The Hall–Kier alpha value is -1.26. The molecule has 2 amide bonds. The van der Waals surface area contributed by atoms with Crippen molar-refractivity contribution in [3.05, 3.63) is 0 Å². The van der Waals surface area contributed by atoms with Crippen LogP contribution >= 0.6 is 0 Å². The number of aliphatic carboxylic acids is 1. The highest BCUT2D eigenvalue weighted by atomic mass is 16.4. The van der Waals surface area contributed by atoms with Gasteiger partial charge in [-0.3, -0.25) is 0 Å². The van der Waals surface area contributed by atoms with Crippen LogP contribution in [-0.2, 0) is 4.79 Å². The maximum absolute atomic E-state index is 10.6. The Bertz CT molecular complexity index is 168. The first-order valence-corrected chi connectivity index (χ1v) is 2.93. The molecule has 10 heavy (non-hydrogen) atoms. The molecule has 0 aromatic carbocycles. The van der Waals surface area contributed by atoms with Crippen LogP contribution < -0.4 is 10.4 Å². The highest BCUT2D eigenvalue weighted by Crippen LogP contribution is 1.93. The molecule has 1 heterocycles. The molecular formula is C5H7N2O3-. The van der Waals surface area contributed by atoms with Gasteiger partial charge in [-0.05, 0) is 0 Å². The van der Waals surface area contributed by atoms with Crippen molar-refractivity contribution in [1.82, 2.24) is 10.2 Å². The number of nitrogens with one attached hydrogen (secondary N) is 1. The van der Waals surface area contributed by atoms with Crippen LogP contribution in [0.5, 0.6) is 0 Å². The molecule has 0 atom stereocenters. The maximum atomic E-state index is 10.6. The second-order valence-electron chi connectivity index (χ2n) is 2.03.